The van der Waals surface area contributed by atoms with Gasteiger partial charge in [-0.2, -0.15) is 0 Å². The highest BCUT2D eigenvalue weighted by molar-refractivity contribution is 9.10. The molecule has 1 amide bonds. The van der Waals surface area contributed by atoms with Crippen molar-refractivity contribution in [2.24, 2.45) is 0 Å². The molecule has 1 heterocycles. The third kappa shape index (κ3) is 5.16. The molecule has 4 rings (SSSR count). The number of hydrogen-bond acceptors (Lipinski definition) is 5. The molecule has 0 atom stereocenters. The molecule has 168 valence electrons. The van der Waals surface area contributed by atoms with Crippen molar-refractivity contribution in [3.8, 4) is 11.5 Å². The molecule has 7 heteroatoms. The number of fused-ring (bicyclic) bond motifs is 1. The summed E-state index contributed by atoms with van der Waals surface area (Å²) in [4.78, 5) is 14.8. The Labute approximate surface area is 211 Å². The summed E-state index contributed by atoms with van der Waals surface area (Å²) >= 11 is 10.2. The summed E-state index contributed by atoms with van der Waals surface area (Å²) in [5.74, 6) is 1.12. The van der Waals surface area contributed by atoms with E-state index in [0.717, 1.165) is 21.0 Å². The average Bonchev–Trinajstić information content (AvgIpc) is 3.06. The van der Waals surface area contributed by atoms with Gasteiger partial charge in [-0.1, -0.05) is 72.5 Å². The lowest BCUT2D eigenvalue weighted by molar-refractivity contribution is -0.121. The van der Waals surface area contributed by atoms with E-state index in [0.29, 0.717) is 40.5 Å². The minimum Gasteiger partial charge on any atom is -0.490 e. The van der Waals surface area contributed by atoms with Crippen molar-refractivity contribution in [2.45, 2.75) is 13.5 Å². The smallest absolute Gasteiger partial charge is 0.266 e. The predicted molar refractivity (Wildman–Crippen MR) is 144 cm³/mol. The van der Waals surface area contributed by atoms with Gasteiger partial charge in [-0.15, -0.1) is 6.58 Å². The standard InChI is InChI=1S/C26H22BrNO3S2/c1-3-12-28-25(29)23(33-26(28)32)15-17-13-21(27)24(22(14-17)30-4-2)31-16-19-10-7-9-18-8-5-6-11-20(18)19/h3,5-11,13-15H,1,4,12,16H2,2H3/b23-15-. The number of carbonyl (C=O) groups excluding carboxylic acids is 1. The first-order valence-electron chi connectivity index (χ1n) is 10.4. The Morgan fingerprint density at radius 1 is 1.15 bits per heavy atom. The highest BCUT2D eigenvalue weighted by Gasteiger charge is 2.31. The van der Waals surface area contributed by atoms with Gasteiger partial charge in [0.15, 0.2) is 11.5 Å². The van der Waals surface area contributed by atoms with Crippen LogP contribution in [0.3, 0.4) is 0 Å². The van der Waals surface area contributed by atoms with Gasteiger partial charge in [0.05, 0.1) is 16.0 Å². The first-order chi connectivity index (χ1) is 16.0. The molecular formula is C26H22BrNO3S2. The van der Waals surface area contributed by atoms with Crippen molar-refractivity contribution in [2.75, 3.05) is 13.2 Å². The summed E-state index contributed by atoms with van der Waals surface area (Å²) in [6, 6.07) is 18.2. The maximum absolute atomic E-state index is 12.7. The number of nitrogens with zero attached hydrogens (tertiary/aromatic N) is 1. The Morgan fingerprint density at radius 2 is 1.94 bits per heavy atom. The zero-order valence-electron chi connectivity index (χ0n) is 18.0. The molecule has 0 bridgehead atoms. The van der Waals surface area contributed by atoms with Gasteiger partial charge in [-0.3, -0.25) is 9.69 Å². The van der Waals surface area contributed by atoms with Gasteiger partial charge in [0, 0.05) is 6.54 Å². The highest BCUT2D eigenvalue weighted by Crippen LogP contribution is 2.40. The zero-order chi connectivity index (χ0) is 23.4. The van der Waals surface area contributed by atoms with Crippen molar-refractivity contribution in [3.05, 3.63) is 87.8 Å². The number of thiocarbonyl (C=S) groups is 1. The second kappa shape index (κ2) is 10.5. The Kier molecular flexibility index (Phi) is 7.53. The van der Waals surface area contributed by atoms with E-state index < -0.39 is 0 Å². The van der Waals surface area contributed by atoms with Crippen LogP contribution in [-0.4, -0.2) is 28.3 Å². The van der Waals surface area contributed by atoms with Crippen LogP contribution in [0.2, 0.25) is 0 Å². The molecule has 0 unspecified atom stereocenters. The summed E-state index contributed by atoms with van der Waals surface area (Å²) in [5, 5.41) is 2.33. The second-order valence-electron chi connectivity index (χ2n) is 7.27. The van der Waals surface area contributed by atoms with Crippen molar-refractivity contribution in [1.82, 2.24) is 4.90 Å². The molecular weight excluding hydrogens is 518 g/mol. The van der Waals surface area contributed by atoms with E-state index >= 15 is 0 Å². The number of rotatable bonds is 8. The van der Waals surface area contributed by atoms with Crippen molar-refractivity contribution < 1.29 is 14.3 Å². The number of benzene rings is 3. The van der Waals surface area contributed by atoms with E-state index in [2.05, 4.69) is 46.8 Å². The van der Waals surface area contributed by atoms with Gasteiger partial charge in [0.25, 0.3) is 5.91 Å². The first kappa shape index (κ1) is 23.5. The largest absolute Gasteiger partial charge is 0.490 e. The van der Waals surface area contributed by atoms with Crippen LogP contribution in [0.1, 0.15) is 18.1 Å². The van der Waals surface area contributed by atoms with E-state index in [4.69, 9.17) is 21.7 Å². The van der Waals surface area contributed by atoms with Crippen LogP contribution in [0.4, 0.5) is 0 Å². The molecule has 4 nitrogen and oxygen atoms in total. The molecule has 0 N–H and O–H groups in total. The normalized spacial score (nSPS) is 14.8. The summed E-state index contributed by atoms with van der Waals surface area (Å²) in [6.45, 7) is 6.91. The van der Waals surface area contributed by atoms with Crippen LogP contribution in [0.15, 0.2) is 76.6 Å². The molecule has 1 aliphatic rings. The molecule has 1 fully saturated rings. The minimum absolute atomic E-state index is 0.115. The second-order valence-corrected chi connectivity index (χ2v) is 9.80. The fourth-order valence-electron chi connectivity index (χ4n) is 3.58. The van der Waals surface area contributed by atoms with Gasteiger partial charge < -0.3 is 9.47 Å². The lowest BCUT2D eigenvalue weighted by Gasteiger charge is -2.16. The van der Waals surface area contributed by atoms with E-state index in [-0.39, 0.29) is 5.91 Å². The monoisotopic (exact) mass is 539 g/mol. The molecule has 1 aliphatic heterocycles. The van der Waals surface area contributed by atoms with Gasteiger partial charge >= 0.3 is 0 Å². The SMILES string of the molecule is C=CCN1C(=O)/C(=C/c2cc(Br)c(OCc3cccc4ccccc34)c(OCC)c2)SC1=S. The van der Waals surface area contributed by atoms with Gasteiger partial charge in [-0.25, -0.2) is 0 Å². The predicted octanol–water partition coefficient (Wildman–Crippen LogP) is 6.97. The maximum atomic E-state index is 12.7. The number of amides is 1. The Morgan fingerprint density at radius 3 is 2.73 bits per heavy atom. The van der Waals surface area contributed by atoms with Crippen LogP contribution in [0, 0.1) is 0 Å². The summed E-state index contributed by atoms with van der Waals surface area (Å²) in [7, 11) is 0. The average molecular weight is 541 g/mol. The van der Waals surface area contributed by atoms with Gasteiger partial charge in [0.2, 0.25) is 0 Å². The molecule has 3 aromatic carbocycles. The van der Waals surface area contributed by atoms with Crippen LogP contribution in [0.5, 0.6) is 11.5 Å². The lowest BCUT2D eigenvalue weighted by Crippen LogP contribution is -2.27. The summed E-state index contributed by atoms with van der Waals surface area (Å²) in [6.07, 6.45) is 3.49. The van der Waals surface area contributed by atoms with Gasteiger partial charge in [-0.05, 0) is 63.0 Å². The number of ether oxygens (including phenoxy) is 2. The van der Waals surface area contributed by atoms with Crippen molar-refractivity contribution >= 4 is 67.0 Å². The van der Waals surface area contributed by atoms with E-state index in [9.17, 15) is 4.79 Å². The third-order valence-electron chi connectivity index (χ3n) is 5.07. The molecule has 33 heavy (non-hydrogen) atoms. The molecule has 0 saturated carbocycles. The van der Waals surface area contributed by atoms with Crippen LogP contribution >= 0.6 is 39.9 Å². The lowest BCUT2D eigenvalue weighted by atomic mass is 10.1. The molecule has 0 aliphatic carbocycles. The topological polar surface area (TPSA) is 38.8 Å². The van der Waals surface area contributed by atoms with E-state index in [1.807, 2.05) is 43.3 Å². The van der Waals surface area contributed by atoms with Crippen LogP contribution in [-0.2, 0) is 11.4 Å². The van der Waals surface area contributed by atoms with Crippen molar-refractivity contribution in [3.63, 3.8) is 0 Å². The fourth-order valence-corrected chi connectivity index (χ4v) is 5.43. The number of halogens is 1. The highest BCUT2D eigenvalue weighted by atomic mass is 79.9. The van der Waals surface area contributed by atoms with Crippen LogP contribution < -0.4 is 9.47 Å². The van der Waals surface area contributed by atoms with Crippen LogP contribution in [0.25, 0.3) is 16.8 Å². The quantitative estimate of drug-likeness (QED) is 0.175. The van der Waals surface area contributed by atoms with Gasteiger partial charge in [0.1, 0.15) is 10.9 Å². The molecule has 1 saturated heterocycles. The number of carbonyl (C=O) groups is 1. The number of hydrogen-bond donors (Lipinski definition) is 0. The third-order valence-corrected chi connectivity index (χ3v) is 7.03. The Balaban J connectivity index is 1.62. The molecule has 3 aromatic rings. The van der Waals surface area contributed by atoms with E-state index in [1.54, 1.807) is 11.0 Å². The molecule has 0 spiro atoms. The van der Waals surface area contributed by atoms with Crippen molar-refractivity contribution in [1.29, 1.82) is 0 Å². The first-order valence-corrected chi connectivity index (χ1v) is 12.5. The zero-order valence-corrected chi connectivity index (χ0v) is 21.3. The van der Waals surface area contributed by atoms with E-state index in [1.165, 1.54) is 17.1 Å². The summed E-state index contributed by atoms with van der Waals surface area (Å²) < 4.78 is 13.4. The number of thioether (sulfide) groups is 1. The summed E-state index contributed by atoms with van der Waals surface area (Å²) in [5.41, 5.74) is 1.92. The Hall–Kier alpha value is -2.61. The molecule has 0 aromatic heterocycles. The Bertz CT molecular complexity index is 1270. The molecule has 0 radical (unpaired) electrons. The maximum Gasteiger partial charge on any atom is 0.266 e. The minimum atomic E-state index is -0.115. The fraction of sp³-hybridized carbons (Fsp3) is 0.154.